The fourth-order valence-electron chi connectivity index (χ4n) is 0.946. The van der Waals surface area contributed by atoms with Crippen LogP contribution in [0, 0.1) is 5.92 Å². The van der Waals surface area contributed by atoms with Gasteiger partial charge in [-0.15, -0.1) is 0 Å². The minimum absolute atomic E-state index is 0.200. The summed E-state index contributed by atoms with van der Waals surface area (Å²) in [6, 6.07) is 0. The third-order valence-electron chi connectivity index (χ3n) is 1.74. The van der Waals surface area contributed by atoms with Crippen LogP contribution in [0.4, 0.5) is 0 Å². The fourth-order valence-corrected chi connectivity index (χ4v) is 1.35. The van der Waals surface area contributed by atoms with Crippen molar-refractivity contribution in [3.05, 3.63) is 0 Å². The highest BCUT2D eigenvalue weighted by molar-refractivity contribution is 7.83. The van der Waals surface area contributed by atoms with Gasteiger partial charge in [-0.25, -0.2) is 0 Å². The maximum atomic E-state index is 10.3. The lowest BCUT2D eigenvalue weighted by atomic mass is 9.99. The molecule has 0 fully saturated rings. The summed E-state index contributed by atoms with van der Waals surface area (Å²) >= 11 is 0. The largest absolute Gasteiger partial charge is 0.393 e. The second-order valence-corrected chi connectivity index (χ2v) is 4.21. The molecule has 0 radical (unpaired) electrons. The van der Waals surface area contributed by atoms with Crippen molar-refractivity contribution in [3.63, 3.8) is 0 Å². The highest BCUT2D eigenvalue weighted by Crippen LogP contribution is 2.08. The normalized spacial score (nSPS) is 19.5. The van der Waals surface area contributed by atoms with Crippen molar-refractivity contribution in [3.8, 4) is 0 Å². The van der Waals surface area contributed by atoms with Gasteiger partial charge < -0.3 is 10.2 Å². The van der Waals surface area contributed by atoms with Crippen LogP contribution in [-0.4, -0.2) is 41.9 Å². The van der Waals surface area contributed by atoms with Gasteiger partial charge in [-0.05, 0) is 13.8 Å². The van der Waals surface area contributed by atoms with Gasteiger partial charge in [0.05, 0.1) is 12.2 Å². The van der Waals surface area contributed by atoms with Gasteiger partial charge in [-0.2, -0.15) is 13.1 Å². The zero-order valence-corrected chi connectivity index (χ0v) is 8.32. The van der Waals surface area contributed by atoms with Crippen LogP contribution in [0.5, 0.6) is 0 Å². The van der Waals surface area contributed by atoms with E-state index >= 15 is 0 Å². The molecule has 0 saturated heterocycles. The Balaban J connectivity index is 4.13. The first kappa shape index (κ1) is 12.8. The van der Waals surface area contributed by atoms with E-state index < -0.39 is 28.4 Å². The summed E-state index contributed by atoms with van der Waals surface area (Å²) < 4.78 is 30.6. The Morgan fingerprint density at radius 3 is 1.85 bits per heavy atom. The van der Waals surface area contributed by atoms with Crippen molar-refractivity contribution in [2.45, 2.75) is 26.1 Å². The summed E-state index contributed by atoms with van der Waals surface area (Å²) in [6.45, 7) is 2.67. The molecular weight excluding hydrogens is 198 g/mol. The minimum atomic E-state index is -4.26. The van der Waals surface area contributed by atoms with Crippen LogP contribution in [0.2, 0.25) is 0 Å². The molecule has 2 unspecified atom stereocenters. The topological polar surface area (TPSA) is 107 Å². The lowest BCUT2D eigenvalue weighted by Gasteiger charge is -2.22. The Bertz CT molecular complexity index is 227. The molecule has 13 heavy (non-hydrogen) atoms. The smallest absolute Gasteiger partial charge is 0.333 e. The zero-order valence-electron chi connectivity index (χ0n) is 7.51. The van der Waals surface area contributed by atoms with Crippen molar-refractivity contribution >= 4 is 10.3 Å². The van der Waals surface area contributed by atoms with Gasteiger partial charge in [0.15, 0.2) is 0 Å². The third kappa shape index (κ3) is 5.94. The molecular formula is C6H15NO5S. The highest BCUT2D eigenvalue weighted by atomic mass is 32.2. The third-order valence-corrected chi connectivity index (χ3v) is 2.27. The molecule has 6 nitrogen and oxygen atoms in total. The summed E-state index contributed by atoms with van der Waals surface area (Å²) in [7, 11) is -4.26. The van der Waals surface area contributed by atoms with Crippen LogP contribution in [0.1, 0.15) is 13.8 Å². The van der Waals surface area contributed by atoms with Crippen LogP contribution < -0.4 is 4.72 Å². The quantitative estimate of drug-likeness (QED) is 0.427. The maximum Gasteiger partial charge on any atom is 0.333 e. The first-order valence-electron chi connectivity index (χ1n) is 3.82. The summed E-state index contributed by atoms with van der Waals surface area (Å²) in [6.07, 6.45) is -1.71. The fraction of sp³-hybridized carbons (Fsp3) is 1.00. The van der Waals surface area contributed by atoms with Gasteiger partial charge in [0.2, 0.25) is 0 Å². The average molecular weight is 213 g/mol. The molecule has 80 valence electrons. The second kappa shape index (κ2) is 4.87. The van der Waals surface area contributed by atoms with Crippen LogP contribution in [-0.2, 0) is 10.3 Å². The highest BCUT2D eigenvalue weighted by Gasteiger charge is 2.21. The van der Waals surface area contributed by atoms with Gasteiger partial charge in [0.1, 0.15) is 0 Å². The number of aliphatic hydroxyl groups excluding tert-OH is 2. The SMILES string of the molecule is CC(O)C(CNS(=O)(=O)O)C(C)O. The number of hydrogen-bond donors (Lipinski definition) is 4. The van der Waals surface area contributed by atoms with E-state index in [-0.39, 0.29) is 6.54 Å². The Kier molecular flexibility index (Phi) is 4.79. The van der Waals surface area contributed by atoms with E-state index in [2.05, 4.69) is 0 Å². The van der Waals surface area contributed by atoms with E-state index in [0.29, 0.717) is 0 Å². The van der Waals surface area contributed by atoms with Crippen molar-refractivity contribution in [2.75, 3.05) is 6.54 Å². The predicted octanol–water partition coefficient (Wildman–Crippen LogP) is -1.24. The molecule has 0 aliphatic heterocycles. The molecule has 0 spiro atoms. The van der Waals surface area contributed by atoms with Crippen molar-refractivity contribution < 1.29 is 23.2 Å². The van der Waals surface area contributed by atoms with Crippen molar-refractivity contribution in [2.24, 2.45) is 5.92 Å². The maximum absolute atomic E-state index is 10.3. The molecule has 0 aromatic rings. The standard InChI is InChI=1S/C6H15NO5S/c1-4(8)6(5(2)9)3-7-13(10,11)12/h4-9H,3H2,1-2H3,(H,10,11,12). The summed E-state index contributed by atoms with van der Waals surface area (Å²) in [5.41, 5.74) is 0. The lowest BCUT2D eigenvalue weighted by molar-refractivity contribution is 0.0347. The van der Waals surface area contributed by atoms with E-state index in [1.807, 2.05) is 0 Å². The predicted molar refractivity (Wildman–Crippen MR) is 46.4 cm³/mol. The van der Waals surface area contributed by atoms with E-state index in [0.717, 1.165) is 0 Å². The van der Waals surface area contributed by atoms with Crippen LogP contribution in [0.25, 0.3) is 0 Å². The first-order chi connectivity index (χ1) is 5.74. The molecule has 0 heterocycles. The Hall–Kier alpha value is -0.210. The Morgan fingerprint density at radius 1 is 1.23 bits per heavy atom. The molecule has 0 aromatic carbocycles. The molecule has 0 aromatic heterocycles. The number of hydrogen-bond acceptors (Lipinski definition) is 4. The van der Waals surface area contributed by atoms with E-state index in [1.54, 1.807) is 4.72 Å². The number of nitrogens with one attached hydrogen (secondary N) is 1. The van der Waals surface area contributed by atoms with Gasteiger partial charge in [-0.3, -0.25) is 4.55 Å². The van der Waals surface area contributed by atoms with Crippen molar-refractivity contribution in [1.29, 1.82) is 0 Å². The summed E-state index contributed by atoms with van der Waals surface area (Å²) in [5, 5.41) is 18.2. The van der Waals surface area contributed by atoms with E-state index in [1.165, 1.54) is 13.8 Å². The number of aliphatic hydroxyl groups is 2. The zero-order chi connectivity index (χ0) is 10.6. The first-order valence-corrected chi connectivity index (χ1v) is 5.26. The molecule has 0 saturated carbocycles. The Morgan fingerprint density at radius 2 is 1.62 bits per heavy atom. The molecule has 0 rings (SSSR count). The molecule has 2 atom stereocenters. The van der Waals surface area contributed by atoms with Gasteiger partial charge in [0.25, 0.3) is 0 Å². The lowest BCUT2D eigenvalue weighted by Crippen LogP contribution is -2.39. The molecule has 4 N–H and O–H groups in total. The Labute approximate surface area is 77.5 Å². The molecule has 0 bridgehead atoms. The minimum Gasteiger partial charge on any atom is -0.393 e. The summed E-state index contributed by atoms with van der Waals surface area (Å²) in [5.74, 6) is -0.637. The van der Waals surface area contributed by atoms with Gasteiger partial charge in [-0.1, -0.05) is 0 Å². The summed E-state index contributed by atoms with van der Waals surface area (Å²) in [4.78, 5) is 0. The van der Waals surface area contributed by atoms with Crippen LogP contribution >= 0.6 is 0 Å². The van der Waals surface area contributed by atoms with Crippen LogP contribution in [0.3, 0.4) is 0 Å². The van der Waals surface area contributed by atoms with E-state index in [4.69, 9.17) is 14.8 Å². The van der Waals surface area contributed by atoms with E-state index in [9.17, 15) is 8.42 Å². The van der Waals surface area contributed by atoms with Crippen LogP contribution in [0.15, 0.2) is 0 Å². The van der Waals surface area contributed by atoms with Gasteiger partial charge >= 0.3 is 10.3 Å². The molecule has 0 aliphatic rings. The molecule has 0 amide bonds. The van der Waals surface area contributed by atoms with Gasteiger partial charge in [0, 0.05) is 12.5 Å². The monoisotopic (exact) mass is 213 g/mol. The average Bonchev–Trinajstić information content (AvgIpc) is 1.82. The second-order valence-electron chi connectivity index (χ2n) is 2.97. The molecule has 7 heteroatoms. The number of rotatable bonds is 5. The van der Waals surface area contributed by atoms with Crippen molar-refractivity contribution in [1.82, 2.24) is 4.72 Å². The molecule has 0 aliphatic carbocycles.